The number of rotatable bonds is 2. The molecule has 1 N–H and O–H groups in total. The number of hydrogen-bond acceptors (Lipinski definition) is 3. The van der Waals surface area contributed by atoms with Crippen molar-refractivity contribution in [2.24, 2.45) is 5.92 Å². The fraction of sp³-hybridized carbons (Fsp3) is 0.300. The zero-order valence-electron chi connectivity index (χ0n) is 15.3. The van der Waals surface area contributed by atoms with Gasteiger partial charge >= 0.3 is 0 Å². The number of ether oxygens (including phenoxy) is 1. The van der Waals surface area contributed by atoms with Crippen molar-refractivity contribution in [3.8, 4) is 5.75 Å². The summed E-state index contributed by atoms with van der Waals surface area (Å²) in [5.41, 5.74) is 0.776. The molecule has 2 bridgehead atoms. The number of anilines is 1. The van der Waals surface area contributed by atoms with Crippen LogP contribution in [0.3, 0.4) is 0 Å². The van der Waals surface area contributed by atoms with E-state index in [-0.39, 0.29) is 11.9 Å². The molecule has 2 heterocycles. The lowest BCUT2D eigenvalue weighted by Gasteiger charge is -2.56. The van der Waals surface area contributed by atoms with E-state index in [1.807, 2.05) is 48.2 Å². The van der Waals surface area contributed by atoms with E-state index in [1.165, 1.54) is 0 Å². The Balaban J connectivity index is 1.90. The molecule has 5 nitrogen and oxygen atoms in total. The molecule has 0 unspecified atom stereocenters. The van der Waals surface area contributed by atoms with E-state index in [0.29, 0.717) is 10.1 Å². The monoisotopic (exact) mass is 401 g/mol. The van der Waals surface area contributed by atoms with Crippen LogP contribution in [0.2, 0.25) is 5.02 Å². The van der Waals surface area contributed by atoms with E-state index < -0.39 is 11.6 Å². The van der Waals surface area contributed by atoms with Gasteiger partial charge in [0.2, 0.25) is 5.91 Å². The smallest absolute Gasteiger partial charge is 0.233 e. The molecule has 2 aromatic carbocycles. The van der Waals surface area contributed by atoms with Crippen molar-refractivity contribution in [3.05, 3.63) is 59.1 Å². The highest BCUT2D eigenvalue weighted by atomic mass is 35.5. The third-order valence-electron chi connectivity index (χ3n) is 5.20. The lowest BCUT2D eigenvalue weighted by molar-refractivity contribution is -0.144. The van der Waals surface area contributed by atoms with Gasteiger partial charge in [0.1, 0.15) is 11.7 Å². The van der Waals surface area contributed by atoms with Crippen molar-refractivity contribution in [3.63, 3.8) is 0 Å². The molecular formula is C20H20ClN3O2S. The first-order valence-electron chi connectivity index (χ1n) is 8.68. The predicted molar refractivity (Wildman–Crippen MR) is 110 cm³/mol. The normalized spacial score (nSPS) is 25.9. The number of carbonyl (C=O) groups excluding carboxylic acids is 1. The minimum Gasteiger partial charge on any atom is -0.467 e. The lowest BCUT2D eigenvalue weighted by atomic mass is 9.78. The second-order valence-electron chi connectivity index (χ2n) is 7.14. The summed E-state index contributed by atoms with van der Waals surface area (Å²) in [6.45, 7) is 1.92. The fourth-order valence-corrected chi connectivity index (χ4v) is 4.50. The first kappa shape index (κ1) is 18.1. The molecule has 0 aromatic heterocycles. The Morgan fingerprint density at radius 3 is 2.56 bits per heavy atom. The lowest BCUT2D eigenvalue weighted by Crippen LogP contribution is -2.72. The van der Waals surface area contributed by atoms with Gasteiger partial charge < -0.3 is 15.0 Å². The van der Waals surface area contributed by atoms with Crippen LogP contribution in [-0.2, 0) is 4.79 Å². The third-order valence-corrected chi connectivity index (χ3v) is 5.75. The van der Waals surface area contributed by atoms with Crippen LogP contribution in [0.5, 0.6) is 5.75 Å². The topological polar surface area (TPSA) is 44.8 Å². The number of fused-ring (bicyclic) bond motifs is 4. The van der Waals surface area contributed by atoms with Gasteiger partial charge in [-0.3, -0.25) is 9.69 Å². The van der Waals surface area contributed by atoms with Crippen molar-refractivity contribution in [1.29, 1.82) is 0 Å². The van der Waals surface area contributed by atoms with E-state index in [4.69, 9.17) is 28.6 Å². The molecule has 0 spiro atoms. The maximum absolute atomic E-state index is 13.2. The van der Waals surface area contributed by atoms with E-state index in [9.17, 15) is 4.79 Å². The second-order valence-corrected chi connectivity index (χ2v) is 7.97. The SMILES string of the molecule is CN(C)C(=O)[C@@H]1[C@H]2NC(=S)N(c3ccc(Cl)cc3)[C@@]1(C)Oc1ccccc12. The van der Waals surface area contributed by atoms with Crippen LogP contribution in [0.25, 0.3) is 0 Å². The summed E-state index contributed by atoms with van der Waals surface area (Å²) in [7, 11) is 3.51. The molecule has 1 saturated heterocycles. The van der Waals surface area contributed by atoms with Crippen LogP contribution in [0.15, 0.2) is 48.5 Å². The highest BCUT2D eigenvalue weighted by molar-refractivity contribution is 7.80. The number of nitrogens with one attached hydrogen (secondary N) is 1. The summed E-state index contributed by atoms with van der Waals surface area (Å²) in [4.78, 5) is 16.7. The van der Waals surface area contributed by atoms with Crippen molar-refractivity contribution in [2.45, 2.75) is 18.7 Å². The van der Waals surface area contributed by atoms with Crippen molar-refractivity contribution in [2.75, 3.05) is 19.0 Å². The average Bonchev–Trinajstić information content (AvgIpc) is 2.62. The van der Waals surface area contributed by atoms with Gasteiger partial charge in [-0.25, -0.2) is 0 Å². The summed E-state index contributed by atoms with van der Waals surface area (Å²) < 4.78 is 6.46. The molecule has 2 aliphatic heterocycles. The summed E-state index contributed by atoms with van der Waals surface area (Å²) >= 11 is 11.7. The Morgan fingerprint density at radius 1 is 1.22 bits per heavy atom. The zero-order chi connectivity index (χ0) is 19.3. The number of carbonyl (C=O) groups is 1. The molecule has 0 saturated carbocycles. The molecule has 0 radical (unpaired) electrons. The first-order valence-corrected chi connectivity index (χ1v) is 9.47. The number of halogens is 1. The van der Waals surface area contributed by atoms with Gasteiger partial charge in [-0.2, -0.15) is 0 Å². The highest BCUT2D eigenvalue weighted by Gasteiger charge is 2.59. The van der Waals surface area contributed by atoms with Crippen LogP contribution in [0.4, 0.5) is 5.69 Å². The van der Waals surface area contributed by atoms with Crippen LogP contribution in [0, 0.1) is 5.92 Å². The van der Waals surface area contributed by atoms with Crippen molar-refractivity contribution in [1.82, 2.24) is 10.2 Å². The number of amides is 1. The Morgan fingerprint density at radius 2 is 1.89 bits per heavy atom. The average molecular weight is 402 g/mol. The summed E-state index contributed by atoms with van der Waals surface area (Å²) in [5.74, 6) is 0.248. The van der Waals surface area contributed by atoms with Crippen LogP contribution >= 0.6 is 23.8 Å². The summed E-state index contributed by atoms with van der Waals surface area (Å²) in [6.07, 6.45) is 0. The second kappa shape index (κ2) is 6.39. The zero-order valence-corrected chi connectivity index (χ0v) is 16.8. The van der Waals surface area contributed by atoms with Crippen LogP contribution in [-0.4, -0.2) is 35.7 Å². The minimum absolute atomic E-state index is 0.0223. The van der Waals surface area contributed by atoms with E-state index in [0.717, 1.165) is 17.0 Å². The molecule has 27 heavy (non-hydrogen) atoms. The number of nitrogens with zero attached hydrogens (tertiary/aromatic N) is 2. The summed E-state index contributed by atoms with van der Waals surface area (Å²) in [6, 6.07) is 14.9. The Labute approximate surface area is 168 Å². The Kier molecular flexibility index (Phi) is 4.28. The molecule has 7 heteroatoms. The van der Waals surface area contributed by atoms with Gasteiger partial charge in [-0.1, -0.05) is 29.8 Å². The van der Waals surface area contributed by atoms with Gasteiger partial charge in [0, 0.05) is 30.4 Å². The highest BCUT2D eigenvalue weighted by Crippen LogP contribution is 2.49. The van der Waals surface area contributed by atoms with E-state index in [2.05, 4.69) is 5.32 Å². The third kappa shape index (κ3) is 2.75. The van der Waals surface area contributed by atoms with Gasteiger partial charge in [0.05, 0.1) is 6.04 Å². The van der Waals surface area contributed by atoms with E-state index in [1.54, 1.807) is 31.1 Å². The van der Waals surface area contributed by atoms with Gasteiger partial charge in [-0.15, -0.1) is 0 Å². The maximum atomic E-state index is 13.2. The number of hydrogen-bond donors (Lipinski definition) is 1. The van der Waals surface area contributed by atoms with Crippen molar-refractivity contribution < 1.29 is 9.53 Å². The van der Waals surface area contributed by atoms with Gasteiger partial charge in [-0.05, 0) is 49.5 Å². The Bertz CT molecular complexity index is 918. The standard InChI is InChI=1S/C20H20ClN3O2S/c1-20-16(18(25)23(2)3)17(14-6-4-5-7-15(14)26-20)22-19(27)24(20)13-10-8-12(21)9-11-13/h4-11,16-17H,1-3H3,(H,22,27)/t16-,17-,20-/m0/s1. The number of thiocarbonyl (C=S) groups is 1. The maximum Gasteiger partial charge on any atom is 0.233 e. The van der Waals surface area contributed by atoms with Crippen molar-refractivity contribution >= 4 is 40.5 Å². The van der Waals surface area contributed by atoms with Crippen LogP contribution in [0.1, 0.15) is 18.5 Å². The summed E-state index contributed by atoms with van der Waals surface area (Å²) in [5, 5.41) is 4.52. The Hall–Kier alpha value is -2.31. The number of para-hydroxylation sites is 1. The minimum atomic E-state index is -0.976. The first-order chi connectivity index (χ1) is 12.8. The molecule has 140 valence electrons. The van der Waals surface area contributed by atoms with E-state index >= 15 is 0 Å². The predicted octanol–water partition coefficient (Wildman–Crippen LogP) is 3.59. The fourth-order valence-electron chi connectivity index (χ4n) is 3.96. The molecule has 4 rings (SSSR count). The van der Waals surface area contributed by atoms with Gasteiger partial charge in [0.25, 0.3) is 0 Å². The molecule has 2 aliphatic rings. The molecule has 3 atom stereocenters. The molecule has 0 aliphatic carbocycles. The van der Waals surface area contributed by atoms with Crippen LogP contribution < -0.4 is 15.0 Å². The molecule has 1 fully saturated rings. The number of benzene rings is 2. The quantitative estimate of drug-likeness (QED) is 0.779. The molecule has 1 amide bonds. The molecule has 2 aromatic rings. The van der Waals surface area contributed by atoms with Gasteiger partial charge in [0.15, 0.2) is 10.8 Å². The largest absolute Gasteiger partial charge is 0.467 e. The molecular weight excluding hydrogens is 382 g/mol.